The highest BCUT2D eigenvalue weighted by atomic mass is 32.2. The van der Waals surface area contributed by atoms with Crippen LogP contribution < -0.4 is 14.2 Å². The maximum atomic E-state index is 13.6. The largest absolute Gasteiger partial charge is 0.497 e. The Morgan fingerprint density at radius 1 is 1.00 bits per heavy atom. The van der Waals surface area contributed by atoms with Gasteiger partial charge >= 0.3 is 0 Å². The van der Waals surface area contributed by atoms with E-state index >= 15 is 0 Å². The Bertz CT molecular complexity index is 793. The van der Waals surface area contributed by atoms with E-state index < -0.39 is 26.6 Å². The Balaban J connectivity index is 2.40. The first-order valence-electron chi connectivity index (χ1n) is 6.07. The van der Waals surface area contributed by atoms with Crippen LogP contribution in [-0.2, 0) is 10.0 Å². The number of hydrogen-bond donors (Lipinski definition) is 1. The molecule has 0 spiro atoms. The summed E-state index contributed by atoms with van der Waals surface area (Å²) in [5, 5.41) is 0. The van der Waals surface area contributed by atoms with Crippen LogP contribution in [0.5, 0.6) is 11.5 Å². The zero-order valence-electron chi connectivity index (χ0n) is 11.8. The van der Waals surface area contributed by atoms with Crippen molar-refractivity contribution in [1.82, 2.24) is 0 Å². The smallest absolute Gasteiger partial charge is 0.264 e. The van der Waals surface area contributed by atoms with Gasteiger partial charge in [0.2, 0.25) is 0 Å². The summed E-state index contributed by atoms with van der Waals surface area (Å²) in [5.41, 5.74) is 0.104. The van der Waals surface area contributed by atoms with Crippen LogP contribution in [0.3, 0.4) is 0 Å². The number of benzene rings is 2. The van der Waals surface area contributed by atoms with Gasteiger partial charge in [0.25, 0.3) is 10.0 Å². The normalized spacial score (nSPS) is 11.1. The van der Waals surface area contributed by atoms with E-state index in [0.717, 1.165) is 12.1 Å². The van der Waals surface area contributed by atoms with Crippen molar-refractivity contribution in [2.24, 2.45) is 0 Å². The Labute approximate surface area is 126 Å². The average Bonchev–Trinajstić information content (AvgIpc) is 2.46. The number of anilines is 1. The number of hydrogen-bond acceptors (Lipinski definition) is 4. The van der Waals surface area contributed by atoms with Gasteiger partial charge in [-0.2, -0.15) is 0 Å². The summed E-state index contributed by atoms with van der Waals surface area (Å²) in [7, 11) is -1.42. The summed E-state index contributed by atoms with van der Waals surface area (Å²) < 4.78 is 63.2. The first kappa shape index (κ1) is 16.0. The first-order chi connectivity index (χ1) is 10.4. The van der Waals surface area contributed by atoms with Gasteiger partial charge in [-0.3, -0.25) is 4.72 Å². The lowest BCUT2D eigenvalue weighted by molar-refractivity contribution is 0.395. The molecule has 0 fully saturated rings. The molecule has 0 saturated heterocycles. The summed E-state index contributed by atoms with van der Waals surface area (Å²) in [4.78, 5) is -0.660. The standard InChI is InChI=1S/C14H13F2NO4S/c1-20-10-4-5-12(13(8-10)21-2)17-22(18,19)14-6-3-9(15)7-11(14)16/h3-8,17H,1-2H3. The molecule has 5 nitrogen and oxygen atoms in total. The third-order valence-electron chi connectivity index (χ3n) is 2.84. The van der Waals surface area contributed by atoms with E-state index in [1.54, 1.807) is 0 Å². The van der Waals surface area contributed by atoms with Crippen LogP contribution in [0.2, 0.25) is 0 Å². The molecule has 0 saturated carbocycles. The van der Waals surface area contributed by atoms with Crippen LogP contribution in [0.15, 0.2) is 41.3 Å². The highest BCUT2D eigenvalue weighted by molar-refractivity contribution is 7.92. The van der Waals surface area contributed by atoms with Gasteiger partial charge in [0, 0.05) is 12.1 Å². The zero-order valence-corrected chi connectivity index (χ0v) is 12.6. The van der Waals surface area contributed by atoms with Crippen molar-refractivity contribution in [3.8, 4) is 11.5 Å². The van der Waals surface area contributed by atoms with Crippen LogP contribution in [0, 0.1) is 11.6 Å². The summed E-state index contributed by atoms with van der Waals surface area (Å²) >= 11 is 0. The second-order valence-corrected chi connectivity index (χ2v) is 5.90. The SMILES string of the molecule is COc1ccc(NS(=O)(=O)c2ccc(F)cc2F)c(OC)c1. The van der Waals surface area contributed by atoms with Crippen LogP contribution in [-0.4, -0.2) is 22.6 Å². The van der Waals surface area contributed by atoms with E-state index in [1.165, 1.54) is 32.4 Å². The van der Waals surface area contributed by atoms with E-state index in [-0.39, 0.29) is 11.4 Å². The molecule has 0 radical (unpaired) electrons. The van der Waals surface area contributed by atoms with Crippen molar-refractivity contribution >= 4 is 15.7 Å². The molecule has 118 valence electrons. The van der Waals surface area contributed by atoms with Crippen LogP contribution in [0.25, 0.3) is 0 Å². The Morgan fingerprint density at radius 2 is 1.73 bits per heavy atom. The molecule has 0 atom stereocenters. The Hall–Kier alpha value is -2.35. The Morgan fingerprint density at radius 3 is 2.32 bits per heavy atom. The van der Waals surface area contributed by atoms with Gasteiger partial charge in [0.15, 0.2) is 0 Å². The zero-order chi connectivity index (χ0) is 16.3. The summed E-state index contributed by atoms with van der Waals surface area (Å²) in [6.45, 7) is 0. The molecule has 0 heterocycles. The molecular formula is C14H13F2NO4S. The minimum absolute atomic E-state index is 0.104. The topological polar surface area (TPSA) is 64.6 Å². The molecular weight excluding hydrogens is 316 g/mol. The molecule has 0 bridgehead atoms. The highest BCUT2D eigenvalue weighted by Crippen LogP contribution is 2.31. The van der Waals surface area contributed by atoms with Crippen molar-refractivity contribution in [2.45, 2.75) is 4.90 Å². The number of methoxy groups -OCH3 is 2. The molecule has 0 unspecified atom stereocenters. The third-order valence-corrected chi connectivity index (χ3v) is 4.24. The van der Waals surface area contributed by atoms with E-state index in [4.69, 9.17) is 9.47 Å². The lowest BCUT2D eigenvalue weighted by atomic mass is 10.3. The second kappa shape index (κ2) is 6.18. The fraction of sp³-hybridized carbons (Fsp3) is 0.143. The molecule has 0 aliphatic rings. The lowest BCUT2D eigenvalue weighted by Gasteiger charge is -2.13. The molecule has 22 heavy (non-hydrogen) atoms. The molecule has 0 amide bonds. The van der Waals surface area contributed by atoms with E-state index in [0.29, 0.717) is 11.8 Å². The number of ether oxygens (including phenoxy) is 2. The highest BCUT2D eigenvalue weighted by Gasteiger charge is 2.21. The van der Waals surface area contributed by atoms with Gasteiger partial charge in [0.1, 0.15) is 28.0 Å². The molecule has 2 aromatic rings. The number of halogens is 2. The monoisotopic (exact) mass is 329 g/mol. The molecule has 0 aliphatic carbocycles. The van der Waals surface area contributed by atoms with E-state index in [2.05, 4.69) is 4.72 Å². The van der Waals surface area contributed by atoms with Gasteiger partial charge in [-0.1, -0.05) is 0 Å². The average molecular weight is 329 g/mol. The number of sulfonamides is 1. The van der Waals surface area contributed by atoms with Crippen LogP contribution in [0.1, 0.15) is 0 Å². The van der Waals surface area contributed by atoms with Crippen LogP contribution in [0.4, 0.5) is 14.5 Å². The fourth-order valence-corrected chi connectivity index (χ4v) is 2.91. The van der Waals surface area contributed by atoms with Gasteiger partial charge < -0.3 is 9.47 Å². The maximum absolute atomic E-state index is 13.6. The van der Waals surface area contributed by atoms with Gasteiger partial charge in [-0.15, -0.1) is 0 Å². The van der Waals surface area contributed by atoms with Crippen molar-refractivity contribution < 1.29 is 26.7 Å². The van der Waals surface area contributed by atoms with Gasteiger partial charge in [-0.25, -0.2) is 17.2 Å². The lowest BCUT2D eigenvalue weighted by Crippen LogP contribution is -2.15. The van der Waals surface area contributed by atoms with E-state index in [1.807, 2.05) is 0 Å². The van der Waals surface area contributed by atoms with Gasteiger partial charge in [0.05, 0.1) is 19.9 Å². The molecule has 0 aromatic heterocycles. The van der Waals surface area contributed by atoms with Crippen molar-refractivity contribution in [3.63, 3.8) is 0 Å². The van der Waals surface area contributed by atoms with E-state index in [9.17, 15) is 17.2 Å². The van der Waals surface area contributed by atoms with Gasteiger partial charge in [-0.05, 0) is 24.3 Å². The second-order valence-electron chi connectivity index (χ2n) is 4.25. The Kier molecular flexibility index (Phi) is 4.51. The van der Waals surface area contributed by atoms with Crippen molar-refractivity contribution in [2.75, 3.05) is 18.9 Å². The minimum Gasteiger partial charge on any atom is -0.497 e. The molecule has 0 aliphatic heterocycles. The predicted octanol–water partition coefficient (Wildman–Crippen LogP) is 2.78. The number of nitrogens with one attached hydrogen (secondary N) is 1. The minimum atomic E-state index is -4.23. The quantitative estimate of drug-likeness (QED) is 0.916. The molecule has 1 N–H and O–H groups in total. The number of rotatable bonds is 5. The molecule has 8 heteroatoms. The van der Waals surface area contributed by atoms with Crippen molar-refractivity contribution in [3.05, 3.63) is 48.0 Å². The summed E-state index contributed by atoms with van der Waals surface area (Å²) in [6, 6.07) is 6.61. The fourth-order valence-electron chi connectivity index (χ4n) is 1.78. The van der Waals surface area contributed by atoms with Crippen molar-refractivity contribution in [1.29, 1.82) is 0 Å². The first-order valence-corrected chi connectivity index (χ1v) is 7.55. The molecule has 2 rings (SSSR count). The molecule has 2 aromatic carbocycles. The maximum Gasteiger partial charge on any atom is 0.264 e. The predicted molar refractivity (Wildman–Crippen MR) is 76.7 cm³/mol. The summed E-state index contributed by atoms with van der Waals surface area (Å²) in [5.74, 6) is -1.38. The summed E-state index contributed by atoms with van der Waals surface area (Å²) in [6.07, 6.45) is 0. The third kappa shape index (κ3) is 3.28. The van der Waals surface area contributed by atoms with Crippen LogP contribution >= 0.6 is 0 Å².